The second-order valence-electron chi connectivity index (χ2n) is 4.90. The number of ether oxygens (including phenoxy) is 2. The topological polar surface area (TPSA) is 91.2 Å². The molecular formula is C14H17N5O3. The van der Waals surface area contributed by atoms with Crippen LogP contribution in [0.1, 0.15) is 17.4 Å². The van der Waals surface area contributed by atoms with Crippen LogP contribution < -0.4 is 10.1 Å². The largest absolute Gasteiger partial charge is 0.482 e. The summed E-state index contributed by atoms with van der Waals surface area (Å²) in [6.07, 6.45) is 7.64. The second-order valence-corrected chi connectivity index (χ2v) is 4.90. The van der Waals surface area contributed by atoms with E-state index in [1.54, 1.807) is 10.9 Å². The molecule has 3 rings (SSSR count). The van der Waals surface area contributed by atoms with Crippen LogP contribution in [0, 0.1) is 0 Å². The number of carbonyl (C=O) groups excluding carboxylic acids is 1. The van der Waals surface area contributed by atoms with Crippen LogP contribution in [0.3, 0.4) is 0 Å². The summed E-state index contributed by atoms with van der Waals surface area (Å²) in [6.45, 7) is 3.60. The van der Waals surface area contributed by atoms with E-state index >= 15 is 0 Å². The molecule has 0 bridgehead atoms. The summed E-state index contributed by atoms with van der Waals surface area (Å²) in [7, 11) is 0. The fourth-order valence-corrected chi connectivity index (χ4v) is 2.20. The van der Waals surface area contributed by atoms with E-state index in [2.05, 4.69) is 20.4 Å². The zero-order valence-electron chi connectivity index (χ0n) is 12.2. The van der Waals surface area contributed by atoms with Crippen LogP contribution in [0.25, 0.3) is 0 Å². The Hall–Kier alpha value is -2.48. The molecule has 1 aliphatic rings. The number of nitrogens with zero attached hydrogens (tertiary/aromatic N) is 4. The van der Waals surface area contributed by atoms with Crippen molar-refractivity contribution in [3.63, 3.8) is 0 Å². The van der Waals surface area contributed by atoms with Crippen LogP contribution >= 0.6 is 0 Å². The second kappa shape index (κ2) is 6.52. The minimum atomic E-state index is -0.290. The van der Waals surface area contributed by atoms with E-state index in [0.29, 0.717) is 19.0 Å². The van der Waals surface area contributed by atoms with Gasteiger partial charge in [0.25, 0.3) is 5.91 Å². The van der Waals surface area contributed by atoms with E-state index in [1.165, 1.54) is 18.6 Å². The van der Waals surface area contributed by atoms with E-state index < -0.39 is 0 Å². The summed E-state index contributed by atoms with van der Waals surface area (Å²) in [6, 6.07) is -0.237. The molecule has 1 fully saturated rings. The fourth-order valence-electron chi connectivity index (χ4n) is 2.20. The van der Waals surface area contributed by atoms with Gasteiger partial charge in [-0.2, -0.15) is 5.10 Å². The molecule has 8 heteroatoms. The molecule has 0 aromatic carbocycles. The van der Waals surface area contributed by atoms with Gasteiger partial charge in [-0.15, -0.1) is 0 Å². The first-order valence-corrected chi connectivity index (χ1v) is 7.10. The van der Waals surface area contributed by atoms with Crippen molar-refractivity contribution in [3.8, 4) is 5.75 Å². The SMILES string of the molecule is CCn1cc(O[C@@H]2COC[C@@H]2NC(=O)c2cnccn2)cn1. The quantitative estimate of drug-likeness (QED) is 0.852. The molecule has 116 valence electrons. The third-order valence-corrected chi connectivity index (χ3v) is 3.36. The van der Waals surface area contributed by atoms with Crippen LogP contribution in [0.4, 0.5) is 0 Å². The highest BCUT2D eigenvalue weighted by atomic mass is 16.5. The first-order valence-electron chi connectivity index (χ1n) is 7.10. The van der Waals surface area contributed by atoms with Crippen LogP contribution in [0.15, 0.2) is 31.0 Å². The predicted octanol–water partition coefficient (Wildman–Crippen LogP) is 0.269. The summed E-state index contributed by atoms with van der Waals surface area (Å²) in [4.78, 5) is 20.0. The lowest BCUT2D eigenvalue weighted by atomic mass is 10.2. The van der Waals surface area contributed by atoms with Gasteiger partial charge >= 0.3 is 0 Å². The molecule has 0 spiro atoms. The minimum absolute atomic E-state index is 0.237. The fraction of sp³-hybridized carbons (Fsp3) is 0.429. The third-order valence-electron chi connectivity index (χ3n) is 3.36. The maximum Gasteiger partial charge on any atom is 0.271 e. The number of aryl methyl sites for hydroxylation is 1. The molecule has 3 heterocycles. The highest BCUT2D eigenvalue weighted by Gasteiger charge is 2.32. The number of amides is 1. The van der Waals surface area contributed by atoms with Crippen molar-refractivity contribution < 1.29 is 14.3 Å². The molecule has 1 amide bonds. The Morgan fingerprint density at radius 2 is 2.36 bits per heavy atom. The first-order chi connectivity index (χ1) is 10.8. The Labute approximate surface area is 127 Å². The molecule has 1 N–H and O–H groups in total. The Morgan fingerprint density at radius 1 is 1.45 bits per heavy atom. The van der Waals surface area contributed by atoms with Gasteiger partial charge in [0.1, 0.15) is 11.8 Å². The van der Waals surface area contributed by atoms with Crippen molar-refractivity contribution in [3.05, 3.63) is 36.7 Å². The number of aromatic nitrogens is 4. The molecule has 0 aliphatic carbocycles. The average Bonchev–Trinajstić information content (AvgIpc) is 3.18. The third kappa shape index (κ3) is 3.22. The Kier molecular flexibility index (Phi) is 4.29. The lowest BCUT2D eigenvalue weighted by molar-refractivity contribution is 0.0898. The first kappa shape index (κ1) is 14.5. The summed E-state index contributed by atoms with van der Waals surface area (Å²) < 4.78 is 13.0. The smallest absolute Gasteiger partial charge is 0.271 e. The molecular weight excluding hydrogens is 286 g/mol. The van der Waals surface area contributed by atoms with Gasteiger partial charge in [0, 0.05) is 18.9 Å². The van der Waals surface area contributed by atoms with Gasteiger partial charge in [0.2, 0.25) is 0 Å². The molecule has 1 aliphatic heterocycles. The number of carbonyl (C=O) groups is 1. The predicted molar refractivity (Wildman–Crippen MR) is 76.4 cm³/mol. The summed E-state index contributed by atoms with van der Waals surface area (Å²) in [5.74, 6) is 0.373. The van der Waals surface area contributed by atoms with E-state index in [9.17, 15) is 4.79 Å². The number of hydrogen-bond donors (Lipinski definition) is 1. The van der Waals surface area contributed by atoms with Crippen molar-refractivity contribution in [1.82, 2.24) is 25.1 Å². The van der Waals surface area contributed by atoms with E-state index in [1.807, 2.05) is 13.1 Å². The zero-order chi connectivity index (χ0) is 15.4. The molecule has 2 aromatic rings. The van der Waals surface area contributed by atoms with Crippen molar-refractivity contribution in [2.24, 2.45) is 0 Å². The van der Waals surface area contributed by atoms with E-state index in [-0.39, 0.29) is 23.7 Å². The monoisotopic (exact) mass is 303 g/mol. The van der Waals surface area contributed by atoms with Gasteiger partial charge in [-0.05, 0) is 6.92 Å². The number of hydrogen-bond acceptors (Lipinski definition) is 6. The standard InChI is InChI=1S/C14H17N5O3/c1-2-19-7-10(5-17-19)22-13-9-21-8-12(13)18-14(20)11-6-15-3-4-16-11/h3-7,12-13H,2,8-9H2,1H3,(H,18,20)/t12-,13+/m0/s1. The Morgan fingerprint density at radius 3 is 3.09 bits per heavy atom. The molecule has 0 unspecified atom stereocenters. The van der Waals surface area contributed by atoms with Crippen LogP contribution in [0.2, 0.25) is 0 Å². The van der Waals surface area contributed by atoms with Crippen LogP contribution in [0.5, 0.6) is 5.75 Å². The van der Waals surface area contributed by atoms with Gasteiger partial charge in [0.05, 0.1) is 37.8 Å². The maximum atomic E-state index is 12.1. The number of nitrogens with one attached hydrogen (secondary N) is 1. The van der Waals surface area contributed by atoms with Crippen molar-refractivity contribution >= 4 is 5.91 Å². The molecule has 0 radical (unpaired) electrons. The van der Waals surface area contributed by atoms with Gasteiger partial charge in [-0.1, -0.05) is 0 Å². The Bertz CT molecular complexity index is 630. The molecule has 22 heavy (non-hydrogen) atoms. The molecule has 8 nitrogen and oxygen atoms in total. The molecule has 1 saturated heterocycles. The zero-order valence-corrected chi connectivity index (χ0v) is 12.2. The summed E-state index contributed by atoms with van der Waals surface area (Å²) in [5.41, 5.74) is 0.270. The lowest BCUT2D eigenvalue weighted by Gasteiger charge is -2.19. The summed E-state index contributed by atoms with van der Waals surface area (Å²) in [5, 5.41) is 7.02. The van der Waals surface area contributed by atoms with Crippen LogP contribution in [-0.4, -0.2) is 51.0 Å². The van der Waals surface area contributed by atoms with E-state index in [4.69, 9.17) is 9.47 Å². The molecule has 0 saturated carbocycles. The van der Waals surface area contributed by atoms with Gasteiger partial charge in [0.15, 0.2) is 5.75 Å². The summed E-state index contributed by atoms with van der Waals surface area (Å²) >= 11 is 0. The highest BCUT2D eigenvalue weighted by molar-refractivity contribution is 5.92. The average molecular weight is 303 g/mol. The van der Waals surface area contributed by atoms with Gasteiger partial charge in [-0.3, -0.25) is 14.5 Å². The van der Waals surface area contributed by atoms with Crippen molar-refractivity contribution in [1.29, 1.82) is 0 Å². The van der Waals surface area contributed by atoms with Gasteiger partial charge < -0.3 is 14.8 Å². The lowest BCUT2D eigenvalue weighted by Crippen LogP contribution is -2.45. The van der Waals surface area contributed by atoms with Crippen molar-refractivity contribution in [2.75, 3.05) is 13.2 Å². The number of rotatable bonds is 5. The highest BCUT2D eigenvalue weighted by Crippen LogP contribution is 2.16. The molecule has 2 atom stereocenters. The normalized spacial score (nSPS) is 20.8. The molecule has 2 aromatic heterocycles. The maximum absolute atomic E-state index is 12.1. The van der Waals surface area contributed by atoms with E-state index in [0.717, 1.165) is 6.54 Å². The van der Waals surface area contributed by atoms with Crippen molar-refractivity contribution in [2.45, 2.75) is 25.6 Å². The Balaban J connectivity index is 1.62. The minimum Gasteiger partial charge on any atom is -0.482 e. The van der Waals surface area contributed by atoms with Crippen LogP contribution in [-0.2, 0) is 11.3 Å². The van der Waals surface area contributed by atoms with Gasteiger partial charge in [-0.25, -0.2) is 4.98 Å².